The molecule has 0 saturated carbocycles. The Morgan fingerprint density at radius 1 is 1.04 bits per heavy atom. The molecule has 23 heavy (non-hydrogen) atoms. The number of benzene rings is 2. The van der Waals surface area contributed by atoms with E-state index < -0.39 is 0 Å². The highest BCUT2D eigenvalue weighted by atomic mass is 15.2. The second-order valence-corrected chi connectivity index (χ2v) is 6.76. The highest BCUT2D eigenvalue weighted by Crippen LogP contribution is 2.40. The van der Waals surface area contributed by atoms with E-state index in [2.05, 4.69) is 83.5 Å². The molecule has 3 nitrogen and oxygen atoms in total. The van der Waals surface area contributed by atoms with Gasteiger partial charge < -0.3 is 4.81 Å². The molecule has 0 atom stereocenters. The summed E-state index contributed by atoms with van der Waals surface area (Å²) in [5.74, 6) is 1.35. The molecule has 0 unspecified atom stereocenters. The average molecular weight is 300 g/mol. The lowest BCUT2D eigenvalue weighted by Crippen LogP contribution is -2.70. The van der Waals surface area contributed by atoms with Crippen LogP contribution in [0.1, 0.15) is 16.7 Å². The van der Waals surface area contributed by atoms with Crippen LogP contribution in [0.25, 0.3) is 11.4 Å². The number of hydrogen-bond acceptors (Lipinski definition) is 1. The van der Waals surface area contributed by atoms with Gasteiger partial charge in [-0.2, -0.15) is 0 Å². The minimum absolute atomic E-state index is 0.216. The molecular weight excluding hydrogens is 281 g/mol. The number of imidazole rings is 1. The first-order chi connectivity index (χ1) is 11.2. The van der Waals surface area contributed by atoms with Crippen molar-refractivity contribution in [2.24, 2.45) is 0 Å². The van der Waals surface area contributed by atoms with Gasteiger partial charge in [-0.3, -0.25) is 4.48 Å². The Hall–Kier alpha value is -2.49. The number of nitrogens with zero attached hydrogens (tertiary/aromatic N) is 3. The molecule has 112 valence electrons. The molecule has 0 bridgehead atoms. The van der Waals surface area contributed by atoms with Gasteiger partial charge >= 0.3 is 6.98 Å². The maximum atomic E-state index is 2.44. The number of aryl methyl sites for hydroxylation is 2. The van der Waals surface area contributed by atoms with Crippen molar-refractivity contribution in [3.63, 3.8) is 0 Å². The molecule has 0 N–H and O–H groups in total. The van der Waals surface area contributed by atoms with E-state index >= 15 is 0 Å². The molecule has 0 spiro atoms. The van der Waals surface area contributed by atoms with Crippen molar-refractivity contribution in [2.75, 3.05) is 11.9 Å². The first-order valence-corrected chi connectivity index (χ1v) is 8.18. The summed E-state index contributed by atoms with van der Waals surface area (Å²) in [4.78, 5) is 2.43. The van der Waals surface area contributed by atoms with Gasteiger partial charge in [0.2, 0.25) is 0 Å². The summed E-state index contributed by atoms with van der Waals surface area (Å²) in [6.07, 6.45) is 4.46. The highest BCUT2D eigenvalue weighted by molar-refractivity contribution is 6.70. The first kappa shape index (κ1) is 13.0. The summed E-state index contributed by atoms with van der Waals surface area (Å²) < 4.78 is 4.82. The Kier molecular flexibility index (Phi) is 2.42. The van der Waals surface area contributed by atoms with E-state index in [1.54, 1.807) is 0 Å². The van der Waals surface area contributed by atoms with E-state index in [1.165, 1.54) is 39.2 Å². The third kappa shape index (κ3) is 1.53. The van der Waals surface area contributed by atoms with Crippen LogP contribution in [-0.4, -0.2) is 18.6 Å². The van der Waals surface area contributed by atoms with Gasteiger partial charge in [-0.25, -0.2) is 4.57 Å². The van der Waals surface area contributed by atoms with Crippen molar-refractivity contribution in [3.05, 3.63) is 65.5 Å². The summed E-state index contributed by atoms with van der Waals surface area (Å²) in [6, 6.07) is 13.3. The molecule has 2 aromatic carbocycles. The minimum atomic E-state index is 0.216. The quantitative estimate of drug-likeness (QED) is 0.490. The van der Waals surface area contributed by atoms with Crippen LogP contribution in [0.3, 0.4) is 0 Å². The SMILES string of the molecule is Cc1cccc(C)c1B1N(C)c2cccc3c2-c2n(cc[n+]21)C3. The molecule has 3 heterocycles. The van der Waals surface area contributed by atoms with Crippen molar-refractivity contribution < 1.29 is 4.48 Å². The summed E-state index contributed by atoms with van der Waals surface area (Å²) in [6.45, 7) is 5.64. The lowest BCUT2D eigenvalue weighted by Gasteiger charge is -2.31. The van der Waals surface area contributed by atoms with Gasteiger partial charge in [-0.15, -0.1) is 0 Å². The van der Waals surface area contributed by atoms with Gasteiger partial charge in [0.05, 0.1) is 5.56 Å². The summed E-state index contributed by atoms with van der Waals surface area (Å²) in [5, 5.41) is 0. The van der Waals surface area contributed by atoms with E-state index in [0.29, 0.717) is 0 Å². The summed E-state index contributed by atoms with van der Waals surface area (Å²) in [7, 11) is 2.22. The third-order valence-corrected chi connectivity index (χ3v) is 5.43. The molecule has 0 amide bonds. The molecule has 1 aromatic heterocycles. The second-order valence-electron chi connectivity index (χ2n) is 6.76. The molecule has 2 aliphatic rings. The Balaban J connectivity index is 1.84. The van der Waals surface area contributed by atoms with Crippen LogP contribution < -0.4 is 14.8 Å². The Labute approximate surface area is 136 Å². The van der Waals surface area contributed by atoms with Gasteiger partial charge in [-0.05, 0) is 38.1 Å². The van der Waals surface area contributed by atoms with Crippen LogP contribution in [-0.2, 0) is 6.54 Å². The first-order valence-electron chi connectivity index (χ1n) is 8.18. The number of rotatable bonds is 1. The maximum Gasteiger partial charge on any atom is 0.537 e. The smallest absolute Gasteiger partial charge is 0.372 e. The fourth-order valence-corrected chi connectivity index (χ4v) is 4.38. The third-order valence-electron chi connectivity index (χ3n) is 5.43. The topological polar surface area (TPSA) is 12.1 Å². The predicted octanol–water partition coefficient (Wildman–Crippen LogP) is 2.11. The molecule has 0 radical (unpaired) electrons. The normalized spacial score (nSPS) is 14.4. The van der Waals surface area contributed by atoms with Gasteiger partial charge in [0.25, 0.3) is 5.82 Å². The molecule has 0 aliphatic carbocycles. The number of hydrogen-bond donors (Lipinski definition) is 0. The van der Waals surface area contributed by atoms with E-state index in [0.717, 1.165) is 6.54 Å². The molecular formula is C19H19BN3+. The number of anilines is 1. The molecule has 5 rings (SSSR count). The molecule has 4 heteroatoms. The fraction of sp³-hybridized carbons (Fsp3) is 0.211. The molecule has 3 aromatic rings. The van der Waals surface area contributed by atoms with E-state index in [1.807, 2.05) is 0 Å². The van der Waals surface area contributed by atoms with E-state index in [9.17, 15) is 0 Å². The second kappa shape index (κ2) is 4.28. The van der Waals surface area contributed by atoms with Gasteiger partial charge in [0.15, 0.2) is 0 Å². The predicted molar refractivity (Wildman–Crippen MR) is 94.3 cm³/mol. The molecule has 0 saturated heterocycles. The lowest BCUT2D eigenvalue weighted by molar-refractivity contribution is -0.523. The van der Waals surface area contributed by atoms with Crippen LogP contribution in [0.4, 0.5) is 5.69 Å². The maximum absolute atomic E-state index is 2.44. The van der Waals surface area contributed by atoms with Crippen LogP contribution >= 0.6 is 0 Å². The zero-order valence-corrected chi connectivity index (χ0v) is 13.7. The van der Waals surface area contributed by atoms with Crippen LogP contribution in [0.2, 0.25) is 0 Å². The van der Waals surface area contributed by atoms with E-state index in [4.69, 9.17) is 0 Å². The lowest BCUT2D eigenvalue weighted by atomic mass is 9.60. The summed E-state index contributed by atoms with van der Waals surface area (Å²) in [5.41, 5.74) is 8.30. The zero-order chi connectivity index (χ0) is 15.7. The largest absolute Gasteiger partial charge is 0.537 e. The van der Waals surface area contributed by atoms with Crippen molar-refractivity contribution in [3.8, 4) is 11.4 Å². The highest BCUT2D eigenvalue weighted by Gasteiger charge is 2.47. The Morgan fingerprint density at radius 2 is 1.78 bits per heavy atom. The average Bonchev–Trinajstić information content (AvgIpc) is 3.09. The fourth-order valence-electron chi connectivity index (χ4n) is 4.38. The van der Waals surface area contributed by atoms with Crippen molar-refractivity contribution in [1.29, 1.82) is 0 Å². The zero-order valence-electron chi connectivity index (χ0n) is 13.7. The molecule has 0 fully saturated rings. The monoisotopic (exact) mass is 300 g/mol. The van der Waals surface area contributed by atoms with Crippen LogP contribution in [0, 0.1) is 13.8 Å². The van der Waals surface area contributed by atoms with Crippen LogP contribution in [0.15, 0.2) is 48.8 Å². The Bertz CT molecular complexity index is 937. The minimum Gasteiger partial charge on any atom is -0.372 e. The van der Waals surface area contributed by atoms with Gasteiger partial charge in [-0.1, -0.05) is 30.3 Å². The number of aromatic nitrogens is 2. The molecule has 2 aliphatic heterocycles. The van der Waals surface area contributed by atoms with Crippen molar-refractivity contribution >= 4 is 18.1 Å². The standard InChI is InChI=1S/C19H19BN3/c1-13-6-4-7-14(2)18(13)20-21(3)16-9-5-8-15-12-22-10-11-23(20)19(22)17(15)16/h4-11H,12H2,1-3H3/q+1. The summed E-state index contributed by atoms with van der Waals surface area (Å²) >= 11 is 0. The van der Waals surface area contributed by atoms with E-state index in [-0.39, 0.29) is 6.98 Å². The van der Waals surface area contributed by atoms with Gasteiger partial charge in [0.1, 0.15) is 18.9 Å². The van der Waals surface area contributed by atoms with Crippen LogP contribution in [0.5, 0.6) is 0 Å². The van der Waals surface area contributed by atoms with Crippen molar-refractivity contribution in [2.45, 2.75) is 20.4 Å². The Morgan fingerprint density at radius 3 is 2.57 bits per heavy atom. The van der Waals surface area contributed by atoms with Crippen molar-refractivity contribution in [1.82, 2.24) is 4.57 Å². The van der Waals surface area contributed by atoms with Gasteiger partial charge in [0, 0.05) is 16.7 Å².